The maximum atomic E-state index is 14.1. The van der Waals surface area contributed by atoms with Crippen LogP contribution >= 0.6 is 0 Å². The molecular weight excluding hydrogens is 351 g/mol. The van der Waals surface area contributed by atoms with Gasteiger partial charge in [-0.05, 0) is 12.5 Å². The van der Waals surface area contributed by atoms with Crippen LogP contribution in [0.4, 0.5) is 21.0 Å². The Morgan fingerprint density at radius 3 is 2.96 bits per heavy atom. The van der Waals surface area contributed by atoms with Gasteiger partial charge in [-0.3, -0.25) is 0 Å². The van der Waals surface area contributed by atoms with Crippen LogP contribution in [0.5, 0.6) is 0 Å². The molecular formula is C18H29FN6O2. The molecule has 0 spiro atoms. The van der Waals surface area contributed by atoms with Crippen molar-refractivity contribution >= 4 is 17.8 Å². The maximum absolute atomic E-state index is 14.1. The molecule has 9 heteroatoms. The standard InChI is InChI=1S/C18H29FN6O2/c1-23(2)17-20-6-4-16(22-17)25-10-14(19)8-15(25)11-24(3)18(26)21-9-13-5-7-27-12-13/h4,6,13-15H,5,7-12H2,1-3H3,(H,21,26)/t13-,14+,15+/m1/s1. The van der Waals surface area contributed by atoms with Crippen molar-refractivity contribution in [1.82, 2.24) is 20.2 Å². The lowest BCUT2D eigenvalue weighted by atomic mass is 10.1. The van der Waals surface area contributed by atoms with Gasteiger partial charge in [0, 0.05) is 59.4 Å². The van der Waals surface area contributed by atoms with Crippen LogP contribution in [0.3, 0.4) is 0 Å². The molecule has 1 aromatic heterocycles. The first kappa shape index (κ1) is 19.6. The number of urea groups is 1. The highest BCUT2D eigenvalue weighted by atomic mass is 19.1. The summed E-state index contributed by atoms with van der Waals surface area (Å²) < 4.78 is 19.5. The molecule has 3 rings (SSSR count). The summed E-state index contributed by atoms with van der Waals surface area (Å²) in [6.07, 6.45) is 2.11. The average molecular weight is 380 g/mol. The third-order valence-corrected chi connectivity index (χ3v) is 5.08. The molecule has 2 amide bonds. The second-order valence-electron chi connectivity index (χ2n) is 7.54. The number of anilines is 2. The van der Waals surface area contributed by atoms with Crippen molar-refractivity contribution in [1.29, 1.82) is 0 Å². The number of alkyl halides is 1. The van der Waals surface area contributed by atoms with Gasteiger partial charge in [-0.25, -0.2) is 14.2 Å². The Hall–Kier alpha value is -2.16. The van der Waals surface area contributed by atoms with Crippen molar-refractivity contribution in [3.05, 3.63) is 12.3 Å². The number of amides is 2. The molecule has 3 heterocycles. The number of nitrogens with zero attached hydrogens (tertiary/aromatic N) is 5. The quantitative estimate of drug-likeness (QED) is 0.798. The van der Waals surface area contributed by atoms with Gasteiger partial charge in [0.1, 0.15) is 12.0 Å². The SMILES string of the molecule is CN(C[C@@H]1C[C@H](F)CN1c1ccnc(N(C)C)n1)C(=O)NC[C@H]1CCOC1. The lowest BCUT2D eigenvalue weighted by Gasteiger charge is -2.29. The Balaban J connectivity index is 1.60. The minimum Gasteiger partial charge on any atom is -0.381 e. The molecule has 150 valence electrons. The fraction of sp³-hybridized carbons (Fsp3) is 0.722. The second kappa shape index (κ2) is 8.69. The number of carbonyl (C=O) groups is 1. The number of rotatable bonds is 6. The summed E-state index contributed by atoms with van der Waals surface area (Å²) in [6.45, 7) is 2.80. The van der Waals surface area contributed by atoms with Gasteiger partial charge >= 0.3 is 6.03 Å². The lowest BCUT2D eigenvalue weighted by molar-refractivity contribution is 0.182. The van der Waals surface area contributed by atoms with E-state index in [9.17, 15) is 9.18 Å². The third-order valence-electron chi connectivity index (χ3n) is 5.08. The van der Waals surface area contributed by atoms with E-state index < -0.39 is 6.17 Å². The Kier molecular flexibility index (Phi) is 6.30. The lowest BCUT2D eigenvalue weighted by Crippen LogP contribution is -2.46. The molecule has 3 atom stereocenters. The summed E-state index contributed by atoms with van der Waals surface area (Å²) >= 11 is 0. The van der Waals surface area contributed by atoms with E-state index in [1.807, 2.05) is 23.9 Å². The van der Waals surface area contributed by atoms with Crippen LogP contribution in [0, 0.1) is 5.92 Å². The van der Waals surface area contributed by atoms with Crippen molar-refractivity contribution in [3.8, 4) is 0 Å². The van der Waals surface area contributed by atoms with Crippen LogP contribution in [0.2, 0.25) is 0 Å². The van der Waals surface area contributed by atoms with Crippen LogP contribution in [0.15, 0.2) is 12.3 Å². The maximum Gasteiger partial charge on any atom is 0.317 e. The predicted molar refractivity (Wildman–Crippen MR) is 102 cm³/mol. The summed E-state index contributed by atoms with van der Waals surface area (Å²) in [4.78, 5) is 26.5. The zero-order chi connectivity index (χ0) is 19.4. The van der Waals surface area contributed by atoms with Crippen molar-refractivity contribution in [2.45, 2.75) is 25.1 Å². The van der Waals surface area contributed by atoms with Crippen molar-refractivity contribution in [2.24, 2.45) is 5.92 Å². The smallest absolute Gasteiger partial charge is 0.317 e. The van der Waals surface area contributed by atoms with Gasteiger partial charge in [-0.15, -0.1) is 0 Å². The van der Waals surface area contributed by atoms with Gasteiger partial charge in [0.05, 0.1) is 19.2 Å². The third kappa shape index (κ3) is 4.97. The molecule has 27 heavy (non-hydrogen) atoms. The fourth-order valence-electron chi connectivity index (χ4n) is 3.54. The number of ether oxygens (including phenoxy) is 1. The Bertz CT molecular complexity index is 640. The topological polar surface area (TPSA) is 73.8 Å². The Labute approximate surface area is 159 Å². The molecule has 8 nitrogen and oxygen atoms in total. The Morgan fingerprint density at radius 1 is 1.44 bits per heavy atom. The van der Waals surface area contributed by atoms with Gasteiger partial charge in [0.15, 0.2) is 0 Å². The minimum atomic E-state index is -0.931. The first-order valence-corrected chi connectivity index (χ1v) is 9.42. The normalized spacial score (nSPS) is 24.9. The van der Waals surface area contributed by atoms with Crippen molar-refractivity contribution in [3.63, 3.8) is 0 Å². The first-order chi connectivity index (χ1) is 12.9. The summed E-state index contributed by atoms with van der Waals surface area (Å²) in [5.41, 5.74) is 0. The van der Waals surface area contributed by atoms with Gasteiger partial charge in [0.25, 0.3) is 0 Å². The van der Waals surface area contributed by atoms with E-state index in [0.29, 0.717) is 43.8 Å². The van der Waals surface area contributed by atoms with Crippen LogP contribution in [-0.2, 0) is 4.74 Å². The number of nitrogens with one attached hydrogen (secondary N) is 1. The molecule has 0 aliphatic carbocycles. The van der Waals surface area contributed by atoms with E-state index in [4.69, 9.17) is 4.74 Å². The molecule has 1 aromatic rings. The second-order valence-corrected chi connectivity index (χ2v) is 7.54. The summed E-state index contributed by atoms with van der Waals surface area (Å²) in [5, 5.41) is 2.95. The van der Waals surface area contributed by atoms with Gasteiger partial charge in [0.2, 0.25) is 5.95 Å². The van der Waals surface area contributed by atoms with Crippen LogP contribution in [0.25, 0.3) is 0 Å². The molecule has 0 saturated carbocycles. The largest absolute Gasteiger partial charge is 0.381 e. The molecule has 2 saturated heterocycles. The molecule has 0 bridgehead atoms. The number of hydrogen-bond donors (Lipinski definition) is 1. The molecule has 0 unspecified atom stereocenters. The van der Waals surface area contributed by atoms with E-state index in [0.717, 1.165) is 13.0 Å². The number of carbonyl (C=O) groups excluding carboxylic acids is 1. The van der Waals surface area contributed by atoms with Crippen LogP contribution in [-0.4, -0.2) is 87.1 Å². The zero-order valence-corrected chi connectivity index (χ0v) is 16.3. The summed E-state index contributed by atoms with van der Waals surface area (Å²) in [5.74, 6) is 1.65. The predicted octanol–water partition coefficient (Wildman–Crippen LogP) is 1.14. The van der Waals surface area contributed by atoms with E-state index in [1.165, 1.54) is 0 Å². The number of aromatic nitrogens is 2. The van der Waals surface area contributed by atoms with Gasteiger partial charge < -0.3 is 24.8 Å². The minimum absolute atomic E-state index is 0.115. The fourth-order valence-corrected chi connectivity index (χ4v) is 3.54. The van der Waals surface area contributed by atoms with Crippen LogP contribution in [0.1, 0.15) is 12.8 Å². The van der Waals surface area contributed by atoms with E-state index in [-0.39, 0.29) is 18.6 Å². The molecule has 2 fully saturated rings. The molecule has 2 aliphatic heterocycles. The van der Waals surface area contributed by atoms with Gasteiger partial charge in [-0.1, -0.05) is 0 Å². The average Bonchev–Trinajstić information content (AvgIpc) is 3.29. The summed E-state index contributed by atoms with van der Waals surface area (Å²) in [6, 6.07) is 1.54. The molecule has 1 N–H and O–H groups in total. The molecule has 2 aliphatic rings. The molecule has 0 aromatic carbocycles. The summed E-state index contributed by atoms with van der Waals surface area (Å²) in [7, 11) is 5.48. The van der Waals surface area contributed by atoms with Crippen LogP contribution < -0.4 is 15.1 Å². The number of hydrogen-bond acceptors (Lipinski definition) is 6. The highest BCUT2D eigenvalue weighted by Crippen LogP contribution is 2.27. The van der Waals surface area contributed by atoms with Crippen molar-refractivity contribution in [2.75, 3.05) is 63.8 Å². The van der Waals surface area contributed by atoms with Crippen molar-refractivity contribution < 1.29 is 13.9 Å². The number of likely N-dealkylation sites (N-methyl/N-ethyl adjacent to an activating group) is 1. The van der Waals surface area contributed by atoms with E-state index in [2.05, 4.69) is 15.3 Å². The zero-order valence-electron chi connectivity index (χ0n) is 16.3. The van der Waals surface area contributed by atoms with E-state index in [1.54, 1.807) is 24.2 Å². The first-order valence-electron chi connectivity index (χ1n) is 9.42. The number of halogens is 1. The molecule has 0 radical (unpaired) electrons. The Morgan fingerprint density at radius 2 is 2.26 bits per heavy atom. The monoisotopic (exact) mass is 380 g/mol. The van der Waals surface area contributed by atoms with E-state index >= 15 is 0 Å². The van der Waals surface area contributed by atoms with Gasteiger partial charge in [-0.2, -0.15) is 4.98 Å². The highest BCUT2D eigenvalue weighted by molar-refractivity contribution is 5.74. The highest BCUT2D eigenvalue weighted by Gasteiger charge is 2.34.